The standard InChI is InChI=1S/C16H21BrN2O2/c1-11(10-19-7-2-3-16(19)20)18-14-6-8-21-15-5-4-12(17)9-13(14)15/h4-5,9,11,14,18H,2-3,6-8,10H2,1H3. The Bertz CT molecular complexity index is 535. The van der Waals surface area contributed by atoms with E-state index in [1.165, 1.54) is 5.56 Å². The van der Waals surface area contributed by atoms with Crippen molar-refractivity contribution in [2.24, 2.45) is 0 Å². The number of carbonyl (C=O) groups excluding carboxylic acids is 1. The first kappa shape index (κ1) is 14.9. The molecule has 2 heterocycles. The molecule has 21 heavy (non-hydrogen) atoms. The summed E-state index contributed by atoms with van der Waals surface area (Å²) in [5.41, 5.74) is 1.20. The Labute approximate surface area is 134 Å². The lowest BCUT2D eigenvalue weighted by Crippen LogP contribution is -2.42. The van der Waals surface area contributed by atoms with E-state index in [-0.39, 0.29) is 6.04 Å². The van der Waals surface area contributed by atoms with Gasteiger partial charge < -0.3 is 15.0 Å². The third-order valence-electron chi connectivity index (χ3n) is 4.16. The molecule has 0 bridgehead atoms. The topological polar surface area (TPSA) is 41.6 Å². The van der Waals surface area contributed by atoms with Gasteiger partial charge in [-0.3, -0.25) is 4.79 Å². The molecule has 0 saturated carbocycles. The van der Waals surface area contributed by atoms with Crippen molar-refractivity contribution in [2.75, 3.05) is 19.7 Å². The zero-order valence-electron chi connectivity index (χ0n) is 12.3. The van der Waals surface area contributed by atoms with Crippen molar-refractivity contribution >= 4 is 21.8 Å². The van der Waals surface area contributed by atoms with Crippen molar-refractivity contribution in [1.29, 1.82) is 0 Å². The van der Waals surface area contributed by atoms with Crippen LogP contribution in [0.5, 0.6) is 5.75 Å². The van der Waals surface area contributed by atoms with Gasteiger partial charge in [-0.1, -0.05) is 15.9 Å². The molecular weight excluding hydrogens is 332 g/mol. The Morgan fingerprint density at radius 1 is 1.52 bits per heavy atom. The van der Waals surface area contributed by atoms with Crippen LogP contribution < -0.4 is 10.1 Å². The number of carbonyl (C=O) groups is 1. The van der Waals surface area contributed by atoms with Gasteiger partial charge in [0.1, 0.15) is 5.75 Å². The van der Waals surface area contributed by atoms with Crippen LogP contribution in [-0.2, 0) is 4.79 Å². The number of halogens is 1. The maximum Gasteiger partial charge on any atom is 0.222 e. The van der Waals surface area contributed by atoms with E-state index < -0.39 is 0 Å². The molecule has 2 aliphatic rings. The van der Waals surface area contributed by atoms with Gasteiger partial charge in [-0.05, 0) is 31.5 Å². The lowest BCUT2D eigenvalue weighted by Gasteiger charge is -2.31. The summed E-state index contributed by atoms with van der Waals surface area (Å²) in [7, 11) is 0. The molecule has 1 fully saturated rings. The number of nitrogens with one attached hydrogen (secondary N) is 1. The molecule has 5 heteroatoms. The fourth-order valence-electron chi connectivity index (χ4n) is 3.16. The van der Waals surface area contributed by atoms with Gasteiger partial charge >= 0.3 is 0 Å². The Morgan fingerprint density at radius 3 is 3.14 bits per heavy atom. The third kappa shape index (κ3) is 3.40. The summed E-state index contributed by atoms with van der Waals surface area (Å²) < 4.78 is 6.79. The first-order valence-electron chi connectivity index (χ1n) is 7.59. The Hall–Kier alpha value is -1.07. The number of nitrogens with zero attached hydrogens (tertiary/aromatic N) is 1. The molecule has 0 aliphatic carbocycles. The van der Waals surface area contributed by atoms with Crippen LogP contribution in [0.25, 0.3) is 0 Å². The highest BCUT2D eigenvalue weighted by Crippen LogP contribution is 2.34. The van der Waals surface area contributed by atoms with E-state index in [1.807, 2.05) is 17.0 Å². The monoisotopic (exact) mass is 352 g/mol. The van der Waals surface area contributed by atoms with Gasteiger partial charge in [-0.25, -0.2) is 0 Å². The van der Waals surface area contributed by atoms with E-state index in [2.05, 4.69) is 34.2 Å². The van der Waals surface area contributed by atoms with E-state index in [0.717, 1.165) is 42.8 Å². The average molecular weight is 353 g/mol. The molecule has 0 aromatic heterocycles. The second-order valence-corrected chi connectivity index (χ2v) is 6.80. The second kappa shape index (κ2) is 6.36. The van der Waals surface area contributed by atoms with Crippen LogP contribution in [0.3, 0.4) is 0 Å². The normalized spacial score (nSPS) is 22.9. The van der Waals surface area contributed by atoms with Crippen molar-refractivity contribution in [3.63, 3.8) is 0 Å². The zero-order valence-corrected chi connectivity index (χ0v) is 13.9. The SMILES string of the molecule is CC(CN1CCCC1=O)NC1CCOc2ccc(Br)cc21. The largest absolute Gasteiger partial charge is 0.493 e. The van der Waals surface area contributed by atoms with Crippen molar-refractivity contribution in [2.45, 2.75) is 38.3 Å². The molecular formula is C16H21BrN2O2. The van der Waals surface area contributed by atoms with Gasteiger partial charge in [-0.2, -0.15) is 0 Å². The minimum absolute atomic E-state index is 0.280. The smallest absolute Gasteiger partial charge is 0.222 e. The molecule has 1 amide bonds. The predicted molar refractivity (Wildman–Crippen MR) is 85.4 cm³/mol. The first-order chi connectivity index (χ1) is 10.1. The molecule has 3 rings (SSSR count). The van der Waals surface area contributed by atoms with Crippen LogP contribution in [-0.4, -0.2) is 36.5 Å². The molecule has 114 valence electrons. The number of amides is 1. The van der Waals surface area contributed by atoms with Crippen LogP contribution >= 0.6 is 15.9 Å². The molecule has 1 N–H and O–H groups in total. The number of hydrogen-bond acceptors (Lipinski definition) is 3. The summed E-state index contributed by atoms with van der Waals surface area (Å²) in [6.07, 6.45) is 2.67. The highest BCUT2D eigenvalue weighted by atomic mass is 79.9. The van der Waals surface area contributed by atoms with Crippen LogP contribution in [0.1, 0.15) is 37.8 Å². The number of benzene rings is 1. The van der Waals surface area contributed by atoms with Crippen molar-refractivity contribution < 1.29 is 9.53 Å². The van der Waals surface area contributed by atoms with Crippen LogP contribution in [0, 0.1) is 0 Å². The Balaban J connectivity index is 1.65. The molecule has 0 spiro atoms. The minimum atomic E-state index is 0.280. The van der Waals surface area contributed by atoms with Crippen molar-refractivity contribution in [3.05, 3.63) is 28.2 Å². The predicted octanol–water partition coefficient (Wildman–Crippen LogP) is 2.87. The van der Waals surface area contributed by atoms with E-state index >= 15 is 0 Å². The molecule has 4 nitrogen and oxygen atoms in total. The quantitative estimate of drug-likeness (QED) is 0.905. The molecule has 0 radical (unpaired) electrons. The Morgan fingerprint density at radius 2 is 2.38 bits per heavy atom. The minimum Gasteiger partial charge on any atom is -0.493 e. The van der Waals surface area contributed by atoms with Crippen LogP contribution in [0.15, 0.2) is 22.7 Å². The number of fused-ring (bicyclic) bond motifs is 1. The lowest BCUT2D eigenvalue weighted by atomic mass is 10.00. The maximum absolute atomic E-state index is 11.7. The summed E-state index contributed by atoms with van der Waals surface area (Å²) in [5, 5.41) is 3.65. The van der Waals surface area contributed by atoms with E-state index in [9.17, 15) is 4.79 Å². The summed E-state index contributed by atoms with van der Waals surface area (Å²) in [6.45, 7) is 4.58. The molecule has 2 atom stereocenters. The zero-order chi connectivity index (χ0) is 14.8. The van der Waals surface area contributed by atoms with Gasteiger partial charge in [0.05, 0.1) is 6.61 Å². The van der Waals surface area contributed by atoms with Gasteiger partial charge in [-0.15, -0.1) is 0 Å². The summed E-state index contributed by atoms with van der Waals surface area (Å²) in [4.78, 5) is 13.7. The summed E-state index contributed by atoms with van der Waals surface area (Å²) >= 11 is 3.53. The highest BCUT2D eigenvalue weighted by Gasteiger charge is 2.26. The number of ether oxygens (including phenoxy) is 1. The van der Waals surface area contributed by atoms with E-state index in [0.29, 0.717) is 18.4 Å². The second-order valence-electron chi connectivity index (χ2n) is 5.88. The number of hydrogen-bond donors (Lipinski definition) is 1. The third-order valence-corrected chi connectivity index (χ3v) is 4.66. The van der Waals surface area contributed by atoms with E-state index in [4.69, 9.17) is 4.74 Å². The number of likely N-dealkylation sites (tertiary alicyclic amines) is 1. The highest BCUT2D eigenvalue weighted by molar-refractivity contribution is 9.10. The van der Waals surface area contributed by atoms with Crippen molar-refractivity contribution in [1.82, 2.24) is 10.2 Å². The first-order valence-corrected chi connectivity index (χ1v) is 8.39. The number of rotatable bonds is 4. The van der Waals surface area contributed by atoms with E-state index in [1.54, 1.807) is 0 Å². The molecule has 1 saturated heterocycles. The molecule has 2 aliphatic heterocycles. The molecule has 2 unspecified atom stereocenters. The van der Waals surface area contributed by atoms with Crippen LogP contribution in [0.2, 0.25) is 0 Å². The maximum atomic E-state index is 11.7. The van der Waals surface area contributed by atoms with Crippen molar-refractivity contribution in [3.8, 4) is 5.75 Å². The summed E-state index contributed by atoms with van der Waals surface area (Å²) in [5.74, 6) is 1.25. The fraction of sp³-hybridized carbons (Fsp3) is 0.562. The summed E-state index contributed by atoms with van der Waals surface area (Å²) in [6, 6.07) is 6.72. The Kier molecular flexibility index (Phi) is 4.50. The average Bonchev–Trinajstić information content (AvgIpc) is 2.85. The lowest BCUT2D eigenvalue weighted by molar-refractivity contribution is -0.128. The molecule has 1 aromatic rings. The van der Waals surface area contributed by atoms with Gasteiger partial charge in [0.15, 0.2) is 0 Å². The fourth-order valence-corrected chi connectivity index (χ4v) is 3.54. The molecule has 1 aromatic carbocycles. The van der Waals surface area contributed by atoms with Gasteiger partial charge in [0.2, 0.25) is 5.91 Å². The van der Waals surface area contributed by atoms with Gasteiger partial charge in [0, 0.05) is 48.1 Å². The van der Waals surface area contributed by atoms with Crippen LogP contribution in [0.4, 0.5) is 0 Å². The van der Waals surface area contributed by atoms with Gasteiger partial charge in [0.25, 0.3) is 0 Å².